The van der Waals surface area contributed by atoms with Crippen LogP contribution in [-0.2, 0) is 0 Å². The Morgan fingerprint density at radius 2 is 2.00 bits per heavy atom. The Morgan fingerprint density at radius 1 is 1.23 bits per heavy atom. The minimum absolute atomic E-state index is 0.577. The summed E-state index contributed by atoms with van der Waals surface area (Å²) in [6, 6.07) is 8.86. The van der Waals surface area contributed by atoms with E-state index < -0.39 is 6.30 Å². The first-order valence-corrected chi connectivity index (χ1v) is 3.91. The standard InChI is InChI=1S/C9H8FN3/c10-9(13-7-11-6-12-13)8-4-2-1-3-5-8/h1-7,9H. The van der Waals surface area contributed by atoms with Crippen molar-refractivity contribution in [2.45, 2.75) is 6.30 Å². The van der Waals surface area contributed by atoms with Crippen molar-refractivity contribution in [3.8, 4) is 0 Å². The molecule has 66 valence electrons. The molecule has 1 heterocycles. The van der Waals surface area contributed by atoms with Crippen molar-refractivity contribution in [3.05, 3.63) is 48.5 Å². The lowest BCUT2D eigenvalue weighted by molar-refractivity contribution is 0.270. The van der Waals surface area contributed by atoms with Crippen LogP contribution in [-0.4, -0.2) is 14.8 Å². The molecule has 3 nitrogen and oxygen atoms in total. The molecule has 1 unspecified atom stereocenters. The summed E-state index contributed by atoms with van der Waals surface area (Å²) >= 11 is 0. The second-order valence-corrected chi connectivity index (χ2v) is 2.62. The molecule has 0 aliphatic rings. The average Bonchev–Trinajstić information content (AvgIpc) is 2.71. The minimum atomic E-state index is -1.25. The Bertz CT molecular complexity index is 358. The smallest absolute Gasteiger partial charge is 0.218 e. The molecule has 0 fully saturated rings. The molecule has 0 N–H and O–H groups in total. The van der Waals surface area contributed by atoms with Gasteiger partial charge in [-0.2, -0.15) is 5.10 Å². The van der Waals surface area contributed by atoms with Crippen LogP contribution in [0.3, 0.4) is 0 Å². The molecule has 13 heavy (non-hydrogen) atoms. The van der Waals surface area contributed by atoms with E-state index in [1.165, 1.54) is 17.3 Å². The number of aromatic nitrogens is 3. The van der Waals surface area contributed by atoms with Crippen LogP contribution < -0.4 is 0 Å². The van der Waals surface area contributed by atoms with E-state index in [1.54, 1.807) is 24.3 Å². The topological polar surface area (TPSA) is 30.7 Å². The zero-order valence-electron chi connectivity index (χ0n) is 6.84. The molecule has 0 saturated heterocycles. The van der Waals surface area contributed by atoms with Crippen molar-refractivity contribution in [2.24, 2.45) is 0 Å². The van der Waals surface area contributed by atoms with Crippen LogP contribution in [0.15, 0.2) is 43.0 Å². The first-order chi connectivity index (χ1) is 6.38. The molecular weight excluding hydrogens is 169 g/mol. The number of rotatable bonds is 2. The lowest BCUT2D eigenvalue weighted by atomic mass is 10.2. The summed E-state index contributed by atoms with van der Waals surface area (Å²) in [5.41, 5.74) is 0.577. The normalized spacial score (nSPS) is 12.7. The minimum Gasteiger partial charge on any atom is -0.223 e. The molecule has 2 aromatic rings. The molecule has 1 aromatic carbocycles. The quantitative estimate of drug-likeness (QED) is 0.700. The number of nitrogens with zero attached hydrogens (tertiary/aromatic N) is 3. The van der Waals surface area contributed by atoms with E-state index in [-0.39, 0.29) is 0 Å². The maximum absolute atomic E-state index is 13.6. The van der Waals surface area contributed by atoms with Gasteiger partial charge in [0.05, 0.1) is 0 Å². The molecule has 1 atom stereocenters. The maximum atomic E-state index is 13.6. The van der Waals surface area contributed by atoms with Gasteiger partial charge in [-0.05, 0) is 0 Å². The van der Waals surface area contributed by atoms with E-state index in [0.29, 0.717) is 5.56 Å². The van der Waals surface area contributed by atoms with Crippen molar-refractivity contribution in [2.75, 3.05) is 0 Å². The summed E-state index contributed by atoms with van der Waals surface area (Å²) in [5, 5.41) is 3.72. The monoisotopic (exact) mass is 177 g/mol. The van der Waals surface area contributed by atoms with Gasteiger partial charge in [-0.15, -0.1) is 0 Å². The first-order valence-electron chi connectivity index (χ1n) is 3.91. The molecule has 0 radical (unpaired) electrons. The lowest BCUT2D eigenvalue weighted by Crippen LogP contribution is -2.05. The Labute approximate surface area is 74.8 Å². The number of benzene rings is 1. The molecule has 0 saturated carbocycles. The third-order valence-corrected chi connectivity index (χ3v) is 1.74. The third kappa shape index (κ3) is 1.56. The fourth-order valence-corrected chi connectivity index (χ4v) is 1.10. The molecule has 0 spiro atoms. The van der Waals surface area contributed by atoms with Gasteiger partial charge in [-0.1, -0.05) is 30.3 Å². The van der Waals surface area contributed by atoms with E-state index in [1.807, 2.05) is 6.07 Å². The number of hydrogen-bond acceptors (Lipinski definition) is 2. The van der Waals surface area contributed by atoms with Gasteiger partial charge >= 0.3 is 0 Å². The van der Waals surface area contributed by atoms with Crippen molar-refractivity contribution in [3.63, 3.8) is 0 Å². The van der Waals surface area contributed by atoms with Crippen molar-refractivity contribution < 1.29 is 4.39 Å². The van der Waals surface area contributed by atoms with Crippen LogP contribution in [0.4, 0.5) is 4.39 Å². The van der Waals surface area contributed by atoms with Crippen LogP contribution in [0.1, 0.15) is 11.9 Å². The highest BCUT2D eigenvalue weighted by molar-refractivity contribution is 5.17. The summed E-state index contributed by atoms with van der Waals surface area (Å²) in [5.74, 6) is 0. The van der Waals surface area contributed by atoms with Gasteiger partial charge in [-0.25, -0.2) is 14.1 Å². The second kappa shape index (κ2) is 3.35. The van der Waals surface area contributed by atoms with Gasteiger partial charge in [-0.3, -0.25) is 0 Å². The molecule has 0 aliphatic carbocycles. The highest BCUT2D eigenvalue weighted by Gasteiger charge is 2.10. The molecular formula is C9H8FN3. The van der Waals surface area contributed by atoms with Gasteiger partial charge in [0.25, 0.3) is 0 Å². The maximum Gasteiger partial charge on any atom is 0.218 e. The highest BCUT2D eigenvalue weighted by atomic mass is 19.1. The van der Waals surface area contributed by atoms with Gasteiger partial charge in [0.1, 0.15) is 12.7 Å². The van der Waals surface area contributed by atoms with Gasteiger partial charge < -0.3 is 0 Å². The number of halogens is 1. The summed E-state index contributed by atoms with van der Waals surface area (Å²) in [4.78, 5) is 3.68. The largest absolute Gasteiger partial charge is 0.223 e. The fraction of sp³-hybridized carbons (Fsp3) is 0.111. The van der Waals surface area contributed by atoms with Crippen LogP contribution in [0.25, 0.3) is 0 Å². The predicted molar refractivity (Wildman–Crippen MR) is 45.7 cm³/mol. The first kappa shape index (κ1) is 7.91. The summed E-state index contributed by atoms with van der Waals surface area (Å²) in [7, 11) is 0. The summed E-state index contributed by atoms with van der Waals surface area (Å²) < 4.78 is 14.7. The van der Waals surface area contributed by atoms with E-state index in [0.717, 1.165) is 0 Å². The van der Waals surface area contributed by atoms with Gasteiger partial charge in [0.2, 0.25) is 6.30 Å². The van der Waals surface area contributed by atoms with Crippen molar-refractivity contribution >= 4 is 0 Å². The van der Waals surface area contributed by atoms with Crippen LogP contribution in [0, 0.1) is 0 Å². The van der Waals surface area contributed by atoms with Crippen LogP contribution >= 0.6 is 0 Å². The zero-order valence-corrected chi connectivity index (χ0v) is 6.84. The average molecular weight is 177 g/mol. The number of alkyl halides is 1. The Balaban J connectivity index is 2.29. The van der Waals surface area contributed by atoms with E-state index >= 15 is 0 Å². The zero-order chi connectivity index (χ0) is 9.10. The van der Waals surface area contributed by atoms with Crippen LogP contribution in [0.2, 0.25) is 0 Å². The van der Waals surface area contributed by atoms with Crippen molar-refractivity contribution in [1.29, 1.82) is 0 Å². The fourth-order valence-electron chi connectivity index (χ4n) is 1.10. The molecule has 4 heteroatoms. The lowest BCUT2D eigenvalue weighted by Gasteiger charge is -2.06. The van der Waals surface area contributed by atoms with E-state index in [4.69, 9.17) is 0 Å². The molecule has 0 aliphatic heterocycles. The summed E-state index contributed by atoms with van der Waals surface area (Å²) in [6.45, 7) is 0. The van der Waals surface area contributed by atoms with Crippen LogP contribution in [0.5, 0.6) is 0 Å². The Hall–Kier alpha value is -1.71. The Kier molecular flexibility index (Phi) is 2.04. The highest BCUT2D eigenvalue weighted by Crippen LogP contribution is 2.16. The predicted octanol–water partition coefficient (Wildman–Crippen LogP) is 1.79. The van der Waals surface area contributed by atoms with Crippen molar-refractivity contribution in [1.82, 2.24) is 14.8 Å². The Morgan fingerprint density at radius 3 is 2.62 bits per heavy atom. The third-order valence-electron chi connectivity index (χ3n) is 1.74. The molecule has 1 aromatic heterocycles. The van der Waals surface area contributed by atoms with E-state index in [2.05, 4.69) is 10.1 Å². The molecule has 2 rings (SSSR count). The molecule has 0 bridgehead atoms. The van der Waals surface area contributed by atoms with Gasteiger partial charge in [0, 0.05) is 5.56 Å². The number of hydrogen-bond donors (Lipinski definition) is 0. The second-order valence-electron chi connectivity index (χ2n) is 2.62. The van der Waals surface area contributed by atoms with E-state index in [9.17, 15) is 4.39 Å². The molecule has 0 amide bonds. The van der Waals surface area contributed by atoms with Gasteiger partial charge in [0.15, 0.2) is 0 Å². The summed E-state index contributed by atoms with van der Waals surface area (Å²) in [6.07, 6.45) is 1.43. The SMILES string of the molecule is FC(c1ccccc1)n1cncn1.